The molecule has 3 fully saturated rings. The number of hydrogen-bond donors (Lipinski definition) is 1. The highest BCUT2D eigenvalue weighted by molar-refractivity contribution is 7.09. The number of likely N-dealkylation sites (tertiary alicyclic amines) is 1. The largest absolute Gasteiger partial charge is 0.379 e. The number of nitrogens with one attached hydrogen (secondary N) is 1. The highest BCUT2D eigenvalue weighted by Gasteiger charge is 2.46. The van der Waals surface area contributed by atoms with Crippen LogP contribution in [0.25, 0.3) is 0 Å². The smallest absolute Gasteiger partial charge is 0.226 e. The number of rotatable bonds is 21. The Morgan fingerprint density at radius 3 is 2.39 bits per heavy atom. The summed E-state index contributed by atoms with van der Waals surface area (Å²) in [7, 11) is 5.07. The molecule has 2 aliphatic heterocycles. The van der Waals surface area contributed by atoms with E-state index in [1.54, 1.807) is 36.7 Å². The number of amides is 2. The van der Waals surface area contributed by atoms with Gasteiger partial charge >= 0.3 is 0 Å². The number of methoxy groups -OCH3 is 2. The van der Waals surface area contributed by atoms with Gasteiger partial charge in [-0.1, -0.05) is 70.9 Å². The molecule has 1 aromatic heterocycles. The lowest BCUT2D eigenvalue weighted by Crippen LogP contribution is -2.54. The van der Waals surface area contributed by atoms with E-state index in [0.29, 0.717) is 24.9 Å². The van der Waals surface area contributed by atoms with Gasteiger partial charge in [-0.25, -0.2) is 4.98 Å². The van der Waals surface area contributed by atoms with Gasteiger partial charge in [0.2, 0.25) is 11.8 Å². The van der Waals surface area contributed by atoms with E-state index in [4.69, 9.17) is 9.47 Å². The van der Waals surface area contributed by atoms with Crippen molar-refractivity contribution >= 4 is 34.7 Å². The van der Waals surface area contributed by atoms with Crippen LogP contribution in [0.5, 0.6) is 0 Å². The molecule has 1 aromatic carbocycles. The molecule has 56 heavy (non-hydrogen) atoms. The van der Waals surface area contributed by atoms with E-state index in [2.05, 4.69) is 55.3 Å². The van der Waals surface area contributed by atoms with Gasteiger partial charge in [0, 0.05) is 76.0 Å². The van der Waals surface area contributed by atoms with Crippen LogP contribution >= 0.6 is 11.3 Å². The number of Topliss-reactive ketones (excluding diaryl/α,β-unsaturated/α-hetero) is 2. The van der Waals surface area contributed by atoms with Crippen LogP contribution in [0.4, 0.5) is 0 Å². The molecule has 5 rings (SSSR count). The first-order chi connectivity index (χ1) is 26.8. The Balaban J connectivity index is 1.26. The van der Waals surface area contributed by atoms with Crippen molar-refractivity contribution in [1.82, 2.24) is 20.1 Å². The lowest BCUT2D eigenvalue weighted by Gasteiger charge is -2.41. The summed E-state index contributed by atoms with van der Waals surface area (Å²) in [4.78, 5) is 64.6. The lowest BCUT2D eigenvalue weighted by atomic mass is 9.83. The third-order valence-corrected chi connectivity index (χ3v) is 14.4. The third kappa shape index (κ3) is 10.4. The van der Waals surface area contributed by atoms with Crippen LogP contribution in [-0.4, -0.2) is 102 Å². The number of fused-ring (bicyclic) bond motifs is 2. The summed E-state index contributed by atoms with van der Waals surface area (Å²) in [5.41, 5.74) is 2.36. The molecule has 3 heterocycles. The van der Waals surface area contributed by atoms with Gasteiger partial charge in [0.1, 0.15) is 5.78 Å². The topological polar surface area (TPSA) is 118 Å². The number of aryl methyl sites for hydroxylation is 1. The van der Waals surface area contributed by atoms with Gasteiger partial charge in [-0.15, -0.1) is 11.3 Å². The Bertz CT molecular complexity index is 1620. The number of carbonyl (C=O) groups is 4. The van der Waals surface area contributed by atoms with Gasteiger partial charge in [0.05, 0.1) is 41.8 Å². The molecule has 2 bridgehead atoms. The highest BCUT2D eigenvalue weighted by atomic mass is 32.1. The van der Waals surface area contributed by atoms with Crippen LogP contribution in [0.3, 0.4) is 0 Å². The minimum atomic E-state index is -0.552. The second kappa shape index (κ2) is 20.1. The van der Waals surface area contributed by atoms with E-state index in [1.165, 1.54) is 11.1 Å². The number of piperidine rings is 1. The second-order valence-electron chi connectivity index (χ2n) is 17.5. The monoisotopic (exact) mass is 792 g/mol. The number of benzene rings is 1. The van der Waals surface area contributed by atoms with E-state index in [9.17, 15) is 19.2 Å². The number of carbonyl (C=O) groups excluding carboxylic acids is 4. The summed E-state index contributed by atoms with van der Waals surface area (Å²) < 4.78 is 12.2. The normalized spacial score (nSPS) is 24.4. The van der Waals surface area contributed by atoms with Gasteiger partial charge in [-0.3, -0.25) is 19.2 Å². The maximum atomic E-state index is 14.4. The van der Waals surface area contributed by atoms with Crippen LogP contribution in [0.15, 0.2) is 35.8 Å². The quantitative estimate of drug-likeness (QED) is 0.143. The van der Waals surface area contributed by atoms with Gasteiger partial charge < -0.3 is 24.6 Å². The molecule has 11 unspecified atom stereocenters. The molecule has 310 valence electrons. The first kappa shape index (κ1) is 44.1. The standard InChI is InChI=1S/C45H68N4O6S/c1-10-29(5)42(48(7)45(53)35(27(2)3)25-38(51)41-32-16-17-34(23-32)47-41)39(54-8)26-40(52)49-19-12-15-36(49)43(55-9)30(6)37(50)24-33(44-46-18-20-56-44)22-31-14-11-13-28(4)21-31/h11,13-14,18,20-21,27,29-30,32-36,39,41-43,47H,10,12,15-17,19,22-26H2,1-9H3. The van der Waals surface area contributed by atoms with E-state index >= 15 is 0 Å². The third-order valence-electron chi connectivity index (χ3n) is 13.4. The Morgan fingerprint density at radius 1 is 1.04 bits per heavy atom. The van der Waals surface area contributed by atoms with Crippen molar-refractivity contribution in [3.8, 4) is 0 Å². The van der Waals surface area contributed by atoms with Crippen molar-refractivity contribution < 1.29 is 28.7 Å². The predicted molar refractivity (Wildman–Crippen MR) is 221 cm³/mol. The van der Waals surface area contributed by atoms with Crippen LogP contribution in [0.1, 0.15) is 114 Å². The van der Waals surface area contributed by atoms with Crippen molar-refractivity contribution in [3.63, 3.8) is 0 Å². The number of aromatic nitrogens is 1. The summed E-state index contributed by atoms with van der Waals surface area (Å²) in [6.45, 7) is 12.8. The fourth-order valence-electron chi connectivity index (χ4n) is 10.0. The molecule has 2 saturated heterocycles. The van der Waals surface area contributed by atoms with Crippen molar-refractivity contribution in [2.45, 2.75) is 148 Å². The minimum absolute atomic E-state index is 0.0203. The molecule has 0 spiro atoms. The lowest BCUT2D eigenvalue weighted by molar-refractivity contribution is -0.149. The molecule has 1 N–H and O–H groups in total. The first-order valence-corrected chi connectivity index (χ1v) is 22.0. The molecular weight excluding hydrogens is 725 g/mol. The van der Waals surface area contributed by atoms with Gasteiger partial charge in [0.25, 0.3) is 0 Å². The Labute approximate surface area is 339 Å². The van der Waals surface area contributed by atoms with Crippen molar-refractivity contribution in [1.29, 1.82) is 0 Å². The van der Waals surface area contributed by atoms with Crippen LogP contribution in [-0.2, 0) is 35.1 Å². The van der Waals surface area contributed by atoms with Gasteiger partial charge in [0.15, 0.2) is 5.78 Å². The Kier molecular flexibility index (Phi) is 15.9. The zero-order valence-electron chi connectivity index (χ0n) is 35.4. The van der Waals surface area contributed by atoms with Gasteiger partial charge in [-0.05, 0) is 68.8 Å². The zero-order chi connectivity index (χ0) is 40.7. The number of nitrogens with zero attached hydrogens (tertiary/aromatic N) is 3. The zero-order valence-corrected chi connectivity index (χ0v) is 36.2. The second-order valence-corrected chi connectivity index (χ2v) is 18.4. The van der Waals surface area contributed by atoms with Crippen LogP contribution in [0.2, 0.25) is 0 Å². The van der Waals surface area contributed by atoms with Crippen molar-refractivity contribution in [2.75, 3.05) is 27.8 Å². The maximum absolute atomic E-state index is 14.4. The molecule has 3 aliphatic rings. The molecule has 11 heteroatoms. The van der Waals surface area contributed by atoms with E-state index in [-0.39, 0.29) is 72.1 Å². The average molecular weight is 793 g/mol. The molecule has 1 aliphatic carbocycles. The Morgan fingerprint density at radius 2 is 1.80 bits per heavy atom. The van der Waals surface area contributed by atoms with Crippen molar-refractivity contribution in [2.24, 2.45) is 29.6 Å². The number of thiazole rings is 1. The van der Waals surface area contributed by atoms with Crippen molar-refractivity contribution in [3.05, 3.63) is 52.0 Å². The van der Waals surface area contributed by atoms with E-state index in [0.717, 1.165) is 50.0 Å². The summed E-state index contributed by atoms with van der Waals surface area (Å²) in [6, 6.07) is 8.06. The SMILES string of the molecule is CCC(C)C(C(CC(=O)N1CCCC1C(OC)C(C)C(=O)CC(Cc1cccc(C)c1)c1nccs1)OC)N(C)C(=O)C(CC(=O)C1NC2CCC1C2)C(C)C. The van der Waals surface area contributed by atoms with E-state index < -0.39 is 24.0 Å². The molecular formula is C45H68N4O6S. The number of hydrogen-bond acceptors (Lipinski definition) is 9. The summed E-state index contributed by atoms with van der Waals surface area (Å²) >= 11 is 1.58. The summed E-state index contributed by atoms with van der Waals surface area (Å²) in [5, 5.41) is 6.43. The summed E-state index contributed by atoms with van der Waals surface area (Å²) in [6.07, 6.45) is 7.77. The van der Waals surface area contributed by atoms with E-state index in [1.807, 2.05) is 38.1 Å². The van der Waals surface area contributed by atoms with Gasteiger partial charge in [-0.2, -0.15) is 0 Å². The summed E-state index contributed by atoms with van der Waals surface area (Å²) in [5.74, 6) is -0.422. The number of likely N-dealkylation sites (N-methyl/N-ethyl adjacent to an activating group) is 1. The molecule has 2 amide bonds. The molecule has 2 aromatic rings. The highest BCUT2D eigenvalue weighted by Crippen LogP contribution is 2.38. The predicted octanol–water partition coefficient (Wildman–Crippen LogP) is 7.03. The average Bonchev–Trinajstić information content (AvgIpc) is 4.03. The fraction of sp³-hybridized carbons (Fsp3) is 0.711. The molecule has 11 atom stereocenters. The number of ketones is 2. The maximum Gasteiger partial charge on any atom is 0.226 e. The first-order valence-electron chi connectivity index (χ1n) is 21.2. The fourth-order valence-corrected chi connectivity index (χ4v) is 10.7. The molecule has 1 saturated carbocycles. The molecule has 10 nitrogen and oxygen atoms in total. The Hall–Kier alpha value is -2.99. The number of ether oxygens (including phenoxy) is 2. The minimum Gasteiger partial charge on any atom is -0.379 e. The van der Waals surface area contributed by atoms with Crippen LogP contribution < -0.4 is 5.32 Å². The van der Waals surface area contributed by atoms with Crippen LogP contribution in [0, 0.1) is 36.5 Å². The molecule has 0 radical (unpaired) electrons.